The van der Waals surface area contributed by atoms with Crippen LogP contribution in [0.25, 0.3) is 0 Å². The normalized spacial score (nSPS) is 17.4. The fraction of sp³-hybridized carbons (Fsp3) is 0.562. The van der Waals surface area contributed by atoms with E-state index in [0.717, 1.165) is 25.7 Å². The highest BCUT2D eigenvalue weighted by atomic mass is 35.5. The zero-order valence-corrected chi connectivity index (χ0v) is 13.6. The monoisotopic (exact) mass is 330 g/mol. The quantitative estimate of drug-likeness (QED) is 0.843. The molecule has 22 heavy (non-hydrogen) atoms. The molecule has 1 saturated carbocycles. The Morgan fingerprint density at radius 2 is 2.14 bits per heavy atom. The fourth-order valence-electron chi connectivity index (χ4n) is 2.62. The van der Waals surface area contributed by atoms with Crippen molar-refractivity contribution in [2.75, 3.05) is 6.54 Å². The van der Waals surface area contributed by atoms with Crippen LogP contribution in [0.1, 0.15) is 39.0 Å². The van der Waals surface area contributed by atoms with Gasteiger partial charge in [0.2, 0.25) is 5.91 Å². The van der Waals surface area contributed by atoms with Gasteiger partial charge in [-0.05, 0) is 31.4 Å². The SMILES string of the molecule is CCC(CNC(=O)C1(N)CCCC1)Oc1cccc(F)c1.Cl. The molecular formula is C16H24ClFN2O2. The lowest BCUT2D eigenvalue weighted by molar-refractivity contribution is -0.126. The fourth-order valence-corrected chi connectivity index (χ4v) is 2.62. The van der Waals surface area contributed by atoms with E-state index in [-0.39, 0.29) is 30.2 Å². The number of ether oxygens (including phenoxy) is 1. The molecule has 1 atom stereocenters. The van der Waals surface area contributed by atoms with Crippen LogP contribution < -0.4 is 15.8 Å². The first-order chi connectivity index (χ1) is 10.0. The highest BCUT2D eigenvalue weighted by molar-refractivity contribution is 5.86. The van der Waals surface area contributed by atoms with Gasteiger partial charge in [-0.3, -0.25) is 4.79 Å². The summed E-state index contributed by atoms with van der Waals surface area (Å²) in [6.45, 7) is 2.34. The Kier molecular flexibility index (Phi) is 7.10. The largest absolute Gasteiger partial charge is 0.489 e. The van der Waals surface area contributed by atoms with E-state index in [1.54, 1.807) is 12.1 Å². The second-order valence-electron chi connectivity index (χ2n) is 5.68. The van der Waals surface area contributed by atoms with E-state index in [1.165, 1.54) is 12.1 Å². The van der Waals surface area contributed by atoms with Crippen LogP contribution in [0.5, 0.6) is 5.75 Å². The minimum atomic E-state index is -0.725. The third kappa shape index (κ3) is 4.85. The second-order valence-corrected chi connectivity index (χ2v) is 5.68. The second kappa shape index (κ2) is 8.34. The zero-order valence-electron chi connectivity index (χ0n) is 12.8. The number of hydrogen-bond donors (Lipinski definition) is 2. The van der Waals surface area contributed by atoms with Crippen LogP contribution in [0, 0.1) is 5.82 Å². The number of hydrogen-bond acceptors (Lipinski definition) is 3. The maximum absolute atomic E-state index is 13.1. The number of rotatable bonds is 6. The third-order valence-corrected chi connectivity index (χ3v) is 3.99. The average Bonchev–Trinajstić information content (AvgIpc) is 2.91. The Hall–Kier alpha value is -1.33. The van der Waals surface area contributed by atoms with Crippen LogP contribution in [0.3, 0.4) is 0 Å². The molecule has 1 amide bonds. The predicted molar refractivity (Wildman–Crippen MR) is 86.8 cm³/mol. The maximum atomic E-state index is 13.1. The Morgan fingerprint density at radius 3 is 2.73 bits per heavy atom. The van der Waals surface area contributed by atoms with Gasteiger partial charge in [-0.2, -0.15) is 0 Å². The summed E-state index contributed by atoms with van der Waals surface area (Å²) in [5, 5.41) is 2.87. The molecule has 1 unspecified atom stereocenters. The van der Waals surface area contributed by atoms with Crippen molar-refractivity contribution in [2.45, 2.75) is 50.7 Å². The molecule has 1 fully saturated rings. The van der Waals surface area contributed by atoms with Crippen LogP contribution in [-0.4, -0.2) is 24.1 Å². The van der Waals surface area contributed by atoms with Crippen molar-refractivity contribution in [3.63, 3.8) is 0 Å². The maximum Gasteiger partial charge on any atom is 0.240 e. The summed E-state index contributed by atoms with van der Waals surface area (Å²) in [6, 6.07) is 6.01. The van der Waals surface area contributed by atoms with E-state index in [0.29, 0.717) is 18.7 Å². The molecule has 6 heteroatoms. The van der Waals surface area contributed by atoms with E-state index < -0.39 is 5.54 Å². The highest BCUT2D eigenvalue weighted by Gasteiger charge is 2.36. The molecule has 0 aromatic heterocycles. The number of nitrogens with two attached hydrogens (primary N) is 1. The Labute approximate surface area is 137 Å². The van der Waals surface area contributed by atoms with Crippen molar-refractivity contribution in [3.8, 4) is 5.75 Å². The van der Waals surface area contributed by atoms with Crippen molar-refractivity contribution in [1.29, 1.82) is 0 Å². The number of carbonyl (C=O) groups is 1. The van der Waals surface area contributed by atoms with Gasteiger partial charge < -0.3 is 15.8 Å². The molecule has 1 aromatic carbocycles. The first-order valence-electron chi connectivity index (χ1n) is 7.53. The molecule has 2 rings (SSSR count). The summed E-state index contributed by atoms with van der Waals surface area (Å²) in [6.07, 6.45) is 4.00. The van der Waals surface area contributed by atoms with Crippen molar-refractivity contribution in [1.82, 2.24) is 5.32 Å². The highest BCUT2D eigenvalue weighted by Crippen LogP contribution is 2.27. The molecule has 0 heterocycles. The van der Waals surface area contributed by atoms with Crippen molar-refractivity contribution in [3.05, 3.63) is 30.1 Å². The number of halogens is 2. The number of benzene rings is 1. The summed E-state index contributed by atoms with van der Waals surface area (Å²) in [4.78, 5) is 12.1. The molecule has 0 saturated heterocycles. The van der Waals surface area contributed by atoms with Gasteiger partial charge in [0.05, 0.1) is 12.1 Å². The number of amides is 1. The molecule has 0 aliphatic heterocycles. The van der Waals surface area contributed by atoms with Crippen LogP contribution in [0.4, 0.5) is 4.39 Å². The van der Waals surface area contributed by atoms with Gasteiger partial charge in [-0.1, -0.05) is 25.8 Å². The summed E-state index contributed by atoms with van der Waals surface area (Å²) >= 11 is 0. The van der Waals surface area contributed by atoms with Crippen LogP contribution in [0.2, 0.25) is 0 Å². The average molecular weight is 331 g/mol. The van der Waals surface area contributed by atoms with Gasteiger partial charge in [0.1, 0.15) is 17.7 Å². The third-order valence-electron chi connectivity index (χ3n) is 3.99. The van der Waals surface area contributed by atoms with Gasteiger partial charge in [0.25, 0.3) is 0 Å². The minimum Gasteiger partial charge on any atom is -0.489 e. The smallest absolute Gasteiger partial charge is 0.240 e. The lowest BCUT2D eigenvalue weighted by Crippen LogP contribution is -2.53. The Bertz CT molecular complexity index is 493. The van der Waals surface area contributed by atoms with Crippen molar-refractivity contribution >= 4 is 18.3 Å². The lowest BCUT2D eigenvalue weighted by Gasteiger charge is -2.24. The molecule has 0 spiro atoms. The summed E-state index contributed by atoms with van der Waals surface area (Å²) in [5.41, 5.74) is 5.38. The van der Waals surface area contributed by atoms with Crippen molar-refractivity contribution < 1.29 is 13.9 Å². The molecule has 1 aliphatic carbocycles. The van der Waals surface area contributed by atoms with Gasteiger partial charge in [0.15, 0.2) is 0 Å². The van der Waals surface area contributed by atoms with E-state index in [9.17, 15) is 9.18 Å². The van der Waals surface area contributed by atoms with E-state index >= 15 is 0 Å². The molecule has 124 valence electrons. The predicted octanol–water partition coefficient (Wildman–Crippen LogP) is 2.79. The first kappa shape index (κ1) is 18.7. The Morgan fingerprint density at radius 1 is 1.45 bits per heavy atom. The topological polar surface area (TPSA) is 64.4 Å². The molecular weight excluding hydrogens is 307 g/mol. The van der Waals surface area contributed by atoms with E-state index in [4.69, 9.17) is 10.5 Å². The van der Waals surface area contributed by atoms with E-state index in [1.807, 2.05) is 6.92 Å². The lowest BCUT2D eigenvalue weighted by atomic mass is 9.98. The summed E-state index contributed by atoms with van der Waals surface area (Å²) < 4.78 is 18.8. The van der Waals surface area contributed by atoms with Gasteiger partial charge in [0, 0.05) is 6.07 Å². The zero-order chi connectivity index (χ0) is 15.3. The summed E-state index contributed by atoms with van der Waals surface area (Å²) in [5.74, 6) is 0.0268. The first-order valence-corrected chi connectivity index (χ1v) is 7.53. The molecule has 0 bridgehead atoms. The Balaban J connectivity index is 0.00000242. The molecule has 4 nitrogen and oxygen atoms in total. The van der Waals surface area contributed by atoms with Gasteiger partial charge in [-0.25, -0.2) is 4.39 Å². The standard InChI is InChI=1S/C16H23FN2O2.ClH/c1-2-13(21-14-7-5-6-12(17)10-14)11-19-15(20)16(18)8-3-4-9-16;/h5-7,10,13H,2-4,8-9,11,18H2,1H3,(H,19,20);1H. The molecule has 1 aliphatic rings. The molecule has 0 radical (unpaired) electrons. The summed E-state index contributed by atoms with van der Waals surface area (Å²) in [7, 11) is 0. The van der Waals surface area contributed by atoms with Crippen LogP contribution in [-0.2, 0) is 4.79 Å². The van der Waals surface area contributed by atoms with Gasteiger partial charge in [-0.15, -0.1) is 12.4 Å². The van der Waals surface area contributed by atoms with Crippen LogP contribution in [0.15, 0.2) is 24.3 Å². The van der Waals surface area contributed by atoms with Crippen LogP contribution >= 0.6 is 12.4 Å². The minimum absolute atomic E-state index is 0. The van der Waals surface area contributed by atoms with Crippen molar-refractivity contribution in [2.24, 2.45) is 5.73 Å². The van der Waals surface area contributed by atoms with E-state index in [2.05, 4.69) is 5.32 Å². The number of nitrogens with one attached hydrogen (secondary N) is 1. The number of carbonyl (C=O) groups excluding carboxylic acids is 1. The molecule has 3 N–H and O–H groups in total. The van der Waals surface area contributed by atoms with Gasteiger partial charge >= 0.3 is 0 Å². The molecule has 1 aromatic rings.